The Morgan fingerprint density at radius 1 is 1.47 bits per heavy atom. The Balaban J connectivity index is 1.88. The SMILES string of the molecule is CC1(C2CCCN(C(=O)NCC(F)F)C2)OCCO1. The highest BCUT2D eigenvalue weighted by atomic mass is 19.3. The van der Waals surface area contributed by atoms with Gasteiger partial charge in [0, 0.05) is 19.0 Å². The predicted molar refractivity (Wildman–Crippen MR) is 64.0 cm³/mol. The van der Waals surface area contributed by atoms with Crippen molar-refractivity contribution in [2.45, 2.75) is 32.0 Å². The van der Waals surface area contributed by atoms with Crippen LogP contribution >= 0.6 is 0 Å². The fourth-order valence-corrected chi connectivity index (χ4v) is 2.63. The molecule has 0 saturated carbocycles. The molecule has 0 spiro atoms. The van der Waals surface area contributed by atoms with Crippen molar-refractivity contribution in [3.63, 3.8) is 0 Å². The summed E-state index contributed by atoms with van der Waals surface area (Å²) in [5.41, 5.74) is 0. The van der Waals surface area contributed by atoms with Crippen LogP contribution in [0.1, 0.15) is 19.8 Å². The number of amides is 2. The number of alkyl halides is 2. The van der Waals surface area contributed by atoms with Gasteiger partial charge in [0.15, 0.2) is 5.79 Å². The van der Waals surface area contributed by atoms with Crippen LogP contribution in [0.2, 0.25) is 0 Å². The Bertz CT molecular complexity index is 322. The van der Waals surface area contributed by atoms with E-state index in [1.54, 1.807) is 4.90 Å². The van der Waals surface area contributed by atoms with Crippen molar-refractivity contribution in [1.29, 1.82) is 0 Å². The predicted octanol–water partition coefficient (Wildman–Crippen LogP) is 1.44. The van der Waals surface area contributed by atoms with E-state index in [4.69, 9.17) is 9.47 Å². The van der Waals surface area contributed by atoms with Gasteiger partial charge in [-0.15, -0.1) is 0 Å². The number of hydrogen-bond acceptors (Lipinski definition) is 3. The number of nitrogens with one attached hydrogen (secondary N) is 1. The van der Waals surface area contributed by atoms with Crippen LogP contribution in [0.5, 0.6) is 0 Å². The Hall–Kier alpha value is -0.950. The van der Waals surface area contributed by atoms with Crippen molar-refractivity contribution < 1.29 is 23.0 Å². The van der Waals surface area contributed by atoms with Crippen molar-refractivity contribution in [1.82, 2.24) is 10.2 Å². The number of rotatable bonds is 3. The Morgan fingerprint density at radius 2 is 2.16 bits per heavy atom. The molecule has 1 N–H and O–H groups in total. The zero-order chi connectivity index (χ0) is 13.9. The molecule has 110 valence electrons. The third kappa shape index (κ3) is 3.54. The summed E-state index contributed by atoms with van der Waals surface area (Å²) in [4.78, 5) is 13.3. The summed E-state index contributed by atoms with van der Waals surface area (Å²) in [7, 11) is 0. The number of piperidine rings is 1. The number of halogens is 2. The molecule has 19 heavy (non-hydrogen) atoms. The van der Waals surface area contributed by atoms with E-state index in [2.05, 4.69) is 5.32 Å². The number of ether oxygens (including phenoxy) is 2. The normalized spacial score (nSPS) is 26.7. The van der Waals surface area contributed by atoms with E-state index in [9.17, 15) is 13.6 Å². The number of carbonyl (C=O) groups excluding carboxylic acids is 1. The number of hydrogen-bond donors (Lipinski definition) is 1. The second kappa shape index (κ2) is 6.00. The summed E-state index contributed by atoms with van der Waals surface area (Å²) in [5, 5.41) is 2.23. The molecule has 2 aliphatic heterocycles. The fourth-order valence-electron chi connectivity index (χ4n) is 2.63. The van der Waals surface area contributed by atoms with Crippen LogP contribution in [0.3, 0.4) is 0 Å². The van der Waals surface area contributed by atoms with Gasteiger partial charge in [0.2, 0.25) is 0 Å². The Labute approximate surface area is 111 Å². The molecule has 1 unspecified atom stereocenters. The van der Waals surface area contributed by atoms with Crippen LogP contribution in [-0.4, -0.2) is 56.0 Å². The van der Waals surface area contributed by atoms with E-state index in [0.29, 0.717) is 26.3 Å². The molecule has 2 heterocycles. The lowest BCUT2D eigenvalue weighted by molar-refractivity contribution is -0.189. The quantitative estimate of drug-likeness (QED) is 0.850. The first-order valence-corrected chi connectivity index (χ1v) is 6.60. The van der Waals surface area contributed by atoms with Crippen LogP contribution < -0.4 is 5.32 Å². The zero-order valence-corrected chi connectivity index (χ0v) is 11.0. The fraction of sp³-hybridized carbons (Fsp3) is 0.917. The molecule has 2 rings (SSSR count). The third-order valence-corrected chi connectivity index (χ3v) is 3.72. The van der Waals surface area contributed by atoms with Gasteiger partial charge in [-0.05, 0) is 19.8 Å². The summed E-state index contributed by atoms with van der Waals surface area (Å²) in [5.74, 6) is -0.567. The van der Waals surface area contributed by atoms with Crippen molar-refractivity contribution in [2.75, 3.05) is 32.8 Å². The molecule has 0 bridgehead atoms. The molecule has 0 aliphatic carbocycles. The minimum atomic E-state index is -2.52. The topological polar surface area (TPSA) is 50.8 Å². The Kier molecular flexibility index (Phi) is 4.57. The molecule has 5 nitrogen and oxygen atoms in total. The summed E-state index contributed by atoms with van der Waals surface area (Å²) in [6, 6.07) is -0.438. The number of likely N-dealkylation sites (tertiary alicyclic amines) is 1. The molecule has 0 aromatic carbocycles. The summed E-state index contributed by atoms with van der Waals surface area (Å²) in [6.07, 6.45) is -0.784. The summed E-state index contributed by atoms with van der Waals surface area (Å²) in [6.45, 7) is 3.46. The maximum Gasteiger partial charge on any atom is 0.317 e. The van der Waals surface area contributed by atoms with Crippen molar-refractivity contribution in [3.05, 3.63) is 0 Å². The summed E-state index contributed by atoms with van der Waals surface area (Å²) >= 11 is 0. The van der Waals surface area contributed by atoms with Gasteiger partial charge in [0.1, 0.15) is 0 Å². The van der Waals surface area contributed by atoms with E-state index in [0.717, 1.165) is 12.8 Å². The lowest BCUT2D eigenvalue weighted by atomic mass is 9.90. The summed E-state index contributed by atoms with van der Waals surface area (Å²) < 4.78 is 35.4. The van der Waals surface area contributed by atoms with E-state index < -0.39 is 24.8 Å². The van der Waals surface area contributed by atoms with Crippen LogP contribution in [0.15, 0.2) is 0 Å². The van der Waals surface area contributed by atoms with E-state index in [-0.39, 0.29) is 5.92 Å². The highest BCUT2D eigenvalue weighted by molar-refractivity contribution is 5.74. The van der Waals surface area contributed by atoms with Crippen molar-refractivity contribution in [2.24, 2.45) is 5.92 Å². The minimum Gasteiger partial charge on any atom is -0.347 e. The molecule has 2 aliphatic rings. The van der Waals surface area contributed by atoms with Gasteiger partial charge in [-0.2, -0.15) is 0 Å². The van der Waals surface area contributed by atoms with Gasteiger partial charge in [-0.3, -0.25) is 0 Å². The maximum absolute atomic E-state index is 12.1. The molecule has 0 aromatic heterocycles. The van der Waals surface area contributed by atoms with E-state index >= 15 is 0 Å². The largest absolute Gasteiger partial charge is 0.347 e. The molecule has 2 saturated heterocycles. The minimum absolute atomic E-state index is 0.0843. The lowest BCUT2D eigenvalue weighted by Gasteiger charge is -2.39. The smallest absolute Gasteiger partial charge is 0.317 e. The molecule has 1 atom stereocenters. The number of carbonyl (C=O) groups is 1. The lowest BCUT2D eigenvalue weighted by Crippen LogP contribution is -2.51. The monoisotopic (exact) mass is 278 g/mol. The van der Waals surface area contributed by atoms with Gasteiger partial charge >= 0.3 is 6.03 Å². The van der Waals surface area contributed by atoms with Gasteiger partial charge in [-0.25, -0.2) is 13.6 Å². The first-order chi connectivity index (χ1) is 9.01. The number of nitrogens with zero attached hydrogens (tertiary/aromatic N) is 1. The van der Waals surface area contributed by atoms with Crippen molar-refractivity contribution in [3.8, 4) is 0 Å². The zero-order valence-electron chi connectivity index (χ0n) is 11.0. The molecular weight excluding hydrogens is 258 g/mol. The molecular formula is C12H20F2N2O3. The van der Waals surface area contributed by atoms with Gasteiger partial charge in [0.25, 0.3) is 6.43 Å². The van der Waals surface area contributed by atoms with Crippen LogP contribution in [0.4, 0.5) is 13.6 Å². The average Bonchev–Trinajstić information content (AvgIpc) is 2.84. The number of urea groups is 1. The molecule has 0 radical (unpaired) electrons. The molecule has 2 amide bonds. The second-order valence-electron chi connectivity index (χ2n) is 5.08. The van der Waals surface area contributed by atoms with Crippen LogP contribution in [0, 0.1) is 5.92 Å². The van der Waals surface area contributed by atoms with Gasteiger partial charge in [0.05, 0.1) is 19.8 Å². The molecule has 7 heteroatoms. The first kappa shape index (κ1) is 14.5. The van der Waals surface area contributed by atoms with Crippen LogP contribution in [-0.2, 0) is 9.47 Å². The maximum atomic E-state index is 12.1. The highest BCUT2D eigenvalue weighted by Gasteiger charge is 2.42. The van der Waals surface area contributed by atoms with Crippen LogP contribution in [0.25, 0.3) is 0 Å². The highest BCUT2D eigenvalue weighted by Crippen LogP contribution is 2.33. The Morgan fingerprint density at radius 3 is 2.79 bits per heavy atom. The molecule has 2 fully saturated rings. The van der Waals surface area contributed by atoms with E-state index in [1.807, 2.05) is 6.92 Å². The van der Waals surface area contributed by atoms with Crippen molar-refractivity contribution >= 4 is 6.03 Å². The standard InChI is InChI=1S/C12H20F2N2O3/c1-12(18-5-6-19-12)9-3-2-4-16(8-9)11(17)15-7-10(13)14/h9-10H,2-8H2,1H3,(H,15,17). The second-order valence-corrected chi connectivity index (χ2v) is 5.08. The first-order valence-electron chi connectivity index (χ1n) is 6.60. The average molecular weight is 278 g/mol. The molecule has 0 aromatic rings. The third-order valence-electron chi connectivity index (χ3n) is 3.72. The van der Waals surface area contributed by atoms with E-state index in [1.165, 1.54) is 0 Å². The van der Waals surface area contributed by atoms with Gasteiger partial charge in [-0.1, -0.05) is 0 Å². The van der Waals surface area contributed by atoms with Gasteiger partial charge < -0.3 is 19.7 Å².